The maximum atomic E-state index is 12.1. The predicted molar refractivity (Wildman–Crippen MR) is 90.4 cm³/mol. The van der Waals surface area contributed by atoms with Crippen LogP contribution in [0.3, 0.4) is 0 Å². The summed E-state index contributed by atoms with van der Waals surface area (Å²) in [6.07, 6.45) is 0.812. The third kappa shape index (κ3) is 7.34. The topological polar surface area (TPSA) is 102 Å². The van der Waals surface area contributed by atoms with Crippen LogP contribution in [0.2, 0.25) is 0 Å². The minimum Gasteiger partial charge on any atom is -0.508 e. The lowest BCUT2D eigenvalue weighted by molar-refractivity contribution is -0.145. The van der Waals surface area contributed by atoms with Crippen molar-refractivity contribution in [3.8, 4) is 5.75 Å². The van der Waals surface area contributed by atoms with E-state index in [2.05, 4.69) is 5.32 Å². The summed E-state index contributed by atoms with van der Waals surface area (Å²) in [5.41, 5.74) is 6.62. The molecule has 2 atom stereocenters. The summed E-state index contributed by atoms with van der Waals surface area (Å²) >= 11 is 0. The molecular formula is C16H25ClN2O4. The van der Waals surface area contributed by atoms with Crippen molar-refractivity contribution >= 4 is 24.3 Å². The number of benzene rings is 1. The lowest BCUT2D eigenvalue weighted by Crippen LogP contribution is -2.50. The molecule has 7 heteroatoms. The molecule has 23 heavy (non-hydrogen) atoms. The molecule has 6 nitrogen and oxygen atoms in total. The van der Waals surface area contributed by atoms with E-state index in [1.807, 2.05) is 13.8 Å². The van der Waals surface area contributed by atoms with Crippen molar-refractivity contribution < 1.29 is 19.4 Å². The van der Waals surface area contributed by atoms with Crippen molar-refractivity contribution in [1.82, 2.24) is 5.32 Å². The molecule has 4 N–H and O–H groups in total. The van der Waals surface area contributed by atoms with E-state index in [4.69, 9.17) is 10.5 Å². The standard InChI is InChI=1S/C16H24N2O4.ClH/c1-10(2)8-13(17)15(20)18-14(16(21)22-3)9-11-4-6-12(19)7-5-11;/h4-7,10,13-14,19H,8-9,17H2,1-3H3,(H,18,20);1H. The van der Waals surface area contributed by atoms with Crippen LogP contribution in [0.25, 0.3) is 0 Å². The van der Waals surface area contributed by atoms with E-state index in [0.717, 1.165) is 5.56 Å². The van der Waals surface area contributed by atoms with Gasteiger partial charge >= 0.3 is 5.97 Å². The van der Waals surface area contributed by atoms with E-state index in [-0.39, 0.29) is 36.4 Å². The molecule has 0 radical (unpaired) electrons. The first-order chi connectivity index (χ1) is 10.3. The number of ether oxygens (including phenoxy) is 1. The Balaban J connectivity index is 0.00000484. The fourth-order valence-electron chi connectivity index (χ4n) is 2.10. The van der Waals surface area contributed by atoms with Crippen molar-refractivity contribution in [3.05, 3.63) is 29.8 Å². The molecule has 1 rings (SSSR count). The minimum absolute atomic E-state index is 0. The van der Waals surface area contributed by atoms with Crippen molar-refractivity contribution in [3.63, 3.8) is 0 Å². The molecule has 0 aliphatic heterocycles. The fourth-order valence-corrected chi connectivity index (χ4v) is 2.10. The van der Waals surface area contributed by atoms with Crippen LogP contribution in [0.5, 0.6) is 5.75 Å². The van der Waals surface area contributed by atoms with Gasteiger partial charge in [0.25, 0.3) is 0 Å². The molecule has 0 saturated carbocycles. The maximum Gasteiger partial charge on any atom is 0.328 e. The summed E-state index contributed by atoms with van der Waals surface area (Å²) in [6, 6.07) is 4.95. The van der Waals surface area contributed by atoms with Crippen LogP contribution in [0.15, 0.2) is 24.3 Å². The highest BCUT2D eigenvalue weighted by molar-refractivity contribution is 5.87. The smallest absolute Gasteiger partial charge is 0.328 e. The Hall–Kier alpha value is -1.79. The van der Waals surface area contributed by atoms with Crippen LogP contribution in [-0.2, 0) is 20.7 Å². The van der Waals surface area contributed by atoms with Crippen LogP contribution in [0.4, 0.5) is 0 Å². The van der Waals surface area contributed by atoms with E-state index in [0.29, 0.717) is 6.42 Å². The minimum atomic E-state index is -0.805. The molecule has 2 unspecified atom stereocenters. The van der Waals surface area contributed by atoms with Gasteiger partial charge in [-0.3, -0.25) is 4.79 Å². The number of methoxy groups -OCH3 is 1. The molecule has 0 aliphatic rings. The summed E-state index contributed by atoms with van der Waals surface area (Å²) in [5, 5.41) is 11.9. The fraction of sp³-hybridized carbons (Fsp3) is 0.500. The number of hydrogen-bond donors (Lipinski definition) is 3. The van der Waals surface area contributed by atoms with E-state index < -0.39 is 18.1 Å². The van der Waals surface area contributed by atoms with Crippen LogP contribution >= 0.6 is 12.4 Å². The summed E-state index contributed by atoms with van der Waals surface area (Å²) in [6.45, 7) is 3.95. The van der Waals surface area contributed by atoms with Crippen molar-refractivity contribution in [2.24, 2.45) is 11.7 Å². The molecule has 0 saturated heterocycles. The van der Waals surface area contributed by atoms with Gasteiger partial charge in [0, 0.05) is 6.42 Å². The van der Waals surface area contributed by atoms with E-state index in [1.54, 1.807) is 12.1 Å². The lowest BCUT2D eigenvalue weighted by Gasteiger charge is -2.20. The summed E-state index contributed by atoms with van der Waals surface area (Å²) in [4.78, 5) is 23.9. The summed E-state index contributed by atoms with van der Waals surface area (Å²) < 4.78 is 4.73. The Morgan fingerprint density at radius 3 is 2.30 bits per heavy atom. The highest BCUT2D eigenvalue weighted by atomic mass is 35.5. The molecule has 0 aromatic heterocycles. The van der Waals surface area contributed by atoms with Gasteiger partial charge < -0.3 is 20.9 Å². The number of nitrogens with two attached hydrogens (primary N) is 1. The third-order valence-corrected chi connectivity index (χ3v) is 3.24. The zero-order valence-electron chi connectivity index (χ0n) is 13.6. The second kappa shape index (κ2) is 10.1. The SMILES string of the molecule is COC(=O)C(Cc1ccc(O)cc1)NC(=O)C(N)CC(C)C.Cl. The summed E-state index contributed by atoms with van der Waals surface area (Å²) in [5.74, 6) is -0.475. The number of hydrogen-bond acceptors (Lipinski definition) is 5. The normalized spacial score (nSPS) is 12.9. The highest BCUT2D eigenvalue weighted by Crippen LogP contribution is 2.12. The lowest BCUT2D eigenvalue weighted by atomic mass is 10.0. The number of nitrogens with one attached hydrogen (secondary N) is 1. The van der Waals surface area contributed by atoms with Gasteiger partial charge in [-0.1, -0.05) is 26.0 Å². The molecule has 1 amide bonds. The second-order valence-corrected chi connectivity index (χ2v) is 5.69. The number of phenolic OH excluding ortho intramolecular Hbond substituents is 1. The molecular weight excluding hydrogens is 320 g/mol. The molecule has 0 spiro atoms. The number of esters is 1. The Labute approximate surface area is 142 Å². The van der Waals surface area contributed by atoms with Crippen LogP contribution in [-0.4, -0.2) is 36.2 Å². The van der Waals surface area contributed by atoms with Gasteiger partial charge in [0.05, 0.1) is 13.2 Å². The van der Waals surface area contributed by atoms with Gasteiger partial charge in [-0.25, -0.2) is 4.79 Å². The first-order valence-electron chi connectivity index (χ1n) is 7.25. The number of halogens is 1. The van der Waals surface area contributed by atoms with E-state index in [1.165, 1.54) is 19.2 Å². The number of amides is 1. The number of aromatic hydroxyl groups is 1. The highest BCUT2D eigenvalue weighted by Gasteiger charge is 2.25. The van der Waals surface area contributed by atoms with Crippen LogP contribution < -0.4 is 11.1 Å². The van der Waals surface area contributed by atoms with Gasteiger partial charge in [-0.05, 0) is 30.0 Å². The van der Waals surface area contributed by atoms with Crippen LogP contribution in [0.1, 0.15) is 25.8 Å². The number of carbonyl (C=O) groups is 2. The van der Waals surface area contributed by atoms with E-state index >= 15 is 0 Å². The molecule has 1 aromatic rings. The quantitative estimate of drug-likeness (QED) is 0.649. The maximum absolute atomic E-state index is 12.1. The summed E-state index contributed by atoms with van der Waals surface area (Å²) in [7, 11) is 1.27. The van der Waals surface area contributed by atoms with Crippen molar-refractivity contribution in [1.29, 1.82) is 0 Å². The van der Waals surface area contributed by atoms with Gasteiger partial charge in [-0.15, -0.1) is 12.4 Å². The Morgan fingerprint density at radius 2 is 1.83 bits per heavy atom. The largest absolute Gasteiger partial charge is 0.508 e. The van der Waals surface area contributed by atoms with Gasteiger partial charge in [-0.2, -0.15) is 0 Å². The predicted octanol–water partition coefficient (Wildman–Crippen LogP) is 1.39. The Kier molecular flexibility index (Phi) is 9.29. The zero-order valence-corrected chi connectivity index (χ0v) is 14.4. The average Bonchev–Trinajstić information content (AvgIpc) is 2.47. The first-order valence-corrected chi connectivity index (χ1v) is 7.25. The Morgan fingerprint density at radius 1 is 1.26 bits per heavy atom. The molecule has 0 fully saturated rings. The second-order valence-electron chi connectivity index (χ2n) is 5.69. The van der Waals surface area contributed by atoms with Crippen LogP contribution in [0, 0.1) is 5.92 Å². The third-order valence-electron chi connectivity index (χ3n) is 3.24. The van der Waals surface area contributed by atoms with Crippen molar-refractivity contribution in [2.75, 3.05) is 7.11 Å². The number of carbonyl (C=O) groups excluding carboxylic acids is 2. The first kappa shape index (κ1) is 21.2. The molecule has 130 valence electrons. The Bertz CT molecular complexity index is 505. The van der Waals surface area contributed by atoms with E-state index in [9.17, 15) is 14.7 Å². The van der Waals surface area contributed by atoms with Gasteiger partial charge in [0.2, 0.25) is 5.91 Å². The monoisotopic (exact) mass is 344 g/mol. The van der Waals surface area contributed by atoms with Crippen molar-refractivity contribution in [2.45, 2.75) is 38.8 Å². The molecule has 1 aromatic carbocycles. The average molecular weight is 345 g/mol. The number of rotatable bonds is 7. The number of phenols is 1. The molecule has 0 bridgehead atoms. The van der Waals surface area contributed by atoms with Gasteiger partial charge in [0.1, 0.15) is 11.8 Å². The zero-order chi connectivity index (χ0) is 16.7. The molecule has 0 aliphatic carbocycles. The van der Waals surface area contributed by atoms with Gasteiger partial charge in [0.15, 0.2) is 0 Å². The molecule has 0 heterocycles.